The molecule has 30 heavy (non-hydrogen) atoms. The average molecular weight is 450 g/mol. The first-order valence-corrected chi connectivity index (χ1v) is 10.4. The number of carbonyl (C=O) groups excluding carboxylic acids is 1. The van der Waals surface area contributed by atoms with Gasteiger partial charge in [-0.3, -0.25) is 9.78 Å². The van der Waals surface area contributed by atoms with E-state index in [1.807, 2.05) is 34.9 Å². The summed E-state index contributed by atoms with van der Waals surface area (Å²) in [7, 11) is 0. The summed E-state index contributed by atoms with van der Waals surface area (Å²) in [5.74, 6) is -1.69. The van der Waals surface area contributed by atoms with Crippen molar-refractivity contribution in [2.75, 3.05) is 18.8 Å². The van der Waals surface area contributed by atoms with Crippen molar-refractivity contribution in [2.45, 2.75) is 49.1 Å². The van der Waals surface area contributed by atoms with Crippen molar-refractivity contribution >= 4 is 23.6 Å². The second-order valence-electron chi connectivity index (χ2n) is 7.72. The minimum Gasteiger partial charge on any atom is -0.475 e. The summed E-state index contributed by atoms with van der Waals surface area (Å²) < 4.78 is 50.8. The van der Waals surface area contributed by atoms with Gasteiger partial charge in [0.1, 0.15) is 6.17 Å². The number of hydrogen-bond donors (Lipinski definition) is 1. The van der Waals surface area contributed by atoms with Gasteiger partial charge in [0.25, 0.3) is 0 Å². The molecule has 2 saturated heterocycles. The SMILES string of the molecule is O=C(C1CC(F)C1)N1CC2(CC(OCc3ccccn3)CS2)C1.O=C(O)C(F)(F)F. The Kier molecular flexibility index (Phi) is 6.91. The summed E-state index contributed by atoms with van der Waals surface area (Å²) in [6, 6.07) is 5.84. The molecule has 166 valence electrons. The number of halogens is 4. The van der Waals surface area contributed by atoms with Crippen LogP contribution in [-0.4, -0.2) is 68.9 Å². The first-order valence-electron chi connectivity index (χ1n) is 9.46. The summed E-state index contributed by atoms with van der Waals surface area (Å²) in [4.78, 5) is 27.3. The molecule has 1 aliphatic carbocycles. The molecule has 1 aromatic heterocycles. The first kappa shape index (κ1) is 22.8. The molecule has 3 heterocycles. The molecule has 3 aliphatic rings. The Balaban J connectivity index is 0.000000318. The van der Waals surface area contributed by atoms with Gasteiger partial charge in [0, 0.05) is 31.0 Å². The summed E-state index contributed by atoms with van der Waals surface area (Å²) >= 11 is 1.92. The quantitative estimate of drug-likeness (QED) is 0.711. The van der Waals surface area contributed by atoms with Crippen molar-refractivity contribution in [3.63, 3.8) is 0 Å². The number of carboxylic acids is 1. The van der Waals surface area contributed by atoms with Crippen LogP contribution in [0.3, 0.4) is 0 Å². The number of alkyl halides is 4. The second-order valence-corrected chi connectivity index (χ2v) is 9.20. The highest BCUT2D eigenvalue weighted by Crippen LogP contribution is 2.47. The van der Waals surface area contributed by atoms with Gasteiger partial charge in [-0.2, -0.15) is 13.2 Å². The van der Waals surface area contributed by atoms with Crippen molar-refractivity contribution in [1.82, 2.24) is 9.88 Å². The largest absolute Gasteiger partial charge is 0.490 e. The number of thioether (sulfide) groups is 1. The van der Waals surface area contributed by atoms with Crippen LogP contribution in [0.5, 0.6) is 0 Å². The number of pyridine rings is 1. The lowest BCUT2D eigenvalue weighted by atomic mass is 9.80. The number of aliphatic carboxylic acids is 1. The fraction of sp³-hybridized carbons (Fsp3) is 0.632. The number of carbonyl (C=O) groups is 2. The van der Waals surface area contributed by atoms with Crippen molar-refractivity contribution < 1.29 is 37.0 Å². The number of ether oxygens (including phenoxy) is 1. The molecule has 1 aromatic rings. The van der Waals surface area contributed by atoms with Crippen molar-refractivity contribution in [1.29, 1.82) is 0 Å². The van der Waals surface area contributed by atoms with Crippen LogP contribution in [0, 0.1) is 5.92 Å². The van der Waals surface area contributed by atoms with Crippen LogP contribution in [0.1, 0.15) is 25.0 Å². The molecule has 1 spiro atoms. The molecule has 1 atom stereocenters. The molecule has 2 aliphatic heterocycles. The molecule has 0 bridgehead atoms. The van der Waals surface area contributed by atoms with Crippen LogP contribution in [0.15, 0.2) is 24.4 Å². The zero-order valence-electron chi connectivity index (χ0n) is 16.0. The van der Waals surface area contributed by atoms with Gasteiger partial charge in [0.2, 0.25) is 5.91 Å². The van der Waals surface area contributed by atoms with E-state index in [4.69, 9.17) is 14.6 Å². The zero-order valence-corrected chi connectivity index (χ0v) is 16.8. The predicted molar refractivity (Wildman–Crippen MR) is 101 cm³/mol. The number of carboxylic acid groups (broad SMARTS) is 1. The third-order valence-electron chi connectivity index (χ3n) is 5.31. The fourth-order valence-electron chi connectivity index (χ4n) is 3.63. The Morgan fingerprint density at radius 2 is 1.97 bits per heavy atom. The number of likely N-dealkylation sites (tertiary alicyclic amines) is 1. The molecule has 1 unspecified atom stereocenters. The number of nitrogens with zero attached hydrogens (tertiary/aromatic N) is 2. The van der Waals surface area contributed by atoms with Crippen LogP contribution in [-0.2, 0) is 20.9 Å². The molecule has 6 nitrogen and oxygen atoms in total. The van der Waals surface area contributed by atoms with Gasteiger partial charge in [0.05, 0.1) is 23.2 Å². The van der Waals surface area contributed by atoms with Crippen LogP contribution >= 0.6 is 11.8 Å². The highest BCUT2D eigenvalue weighted by atomic mass is 32.2. The van der Waals surface area contributed by atoms with Crippen LogP contribution < -0.4 is 0 Å². The van der Waals surface area contributed by atoms with E-state index in [1.54, 1.807) is 6.20 Å². The number of rotatable bonds is 4. The van der Waals surface area contributed by atoms with E-state index >= 15 is 0 Å². The van der Waals surface area contributed by atoms with E-state index in [0.717, 1.165) is 31.0 Å². The number of hydrogen-bond acceptors (Lipinski definition) is 5. The van der Waals surface area contributed by atoms with Gasteiger partial charge in [-0.05, 0) is 31.4 Å². The minimum absolute atomic E-state index is 0.0649. The molecule has 4 rings (SSSR count). The van der Waals surface area contributed by atoms with E-state index in [-0.39, 0.29) is 22.7 Å². The van der Waals surface area contributed by atoms with E-state index in [2.05, 4.69) is 4.98 Å². The van der Waals surface area contributed by atoms with E-state index in [0.29, 0.717) is 19.4 Å². The topological polar surface area (TPSA) is 79.7 Å². The summed E-state index contributed by atoms with van der Waals surface area (Å²) in [5, 5.41) is 7.12. The van der Waals surface area contributed by atoms with Crippen molar-refractivity contribution in [3.05, 3.63) is 30.1 Å². The van der Waals surface area contributed by atoms with Gasteiger partial charge in [0.15, 0.2) is 0 Å². The molecular formula is C19H22F4N2O4S. The molecule has 1 amide bonds. The van der Waals surface area contributed by atoms with Gasteiger partial charge in [-0.25, -0.2) is 9.18 Å². The van der Waals surface area contributed by atoms with E-state index < -0.39 is 18.3 Å². The van der Waals surface area contributed by atoms with Crippen LogP contribution in [0.2, 0.25) is 0 Å². The monoisotopic (exact) mass is 450 g/mol. The standard InChI is InChI=1S/C17H21FN2O2S.C2HF3O2/c18-13-5-12(6-13)16(21)20-10-17(11-20)7-15(9-23-17)22-8-14-3-1-2-4-19-14;3-2(4,5)1(6)7/h1-4,12-13,15H,5-11H2;(H,6,7). The maximum absolute atomic E-state index is 12.9. The average Bonchev–Trinajstić information content (AvgIpc) is 3.07. The maximum Gasteiger partial charge on any atom is 0.490 e. The maximum atomic E-state index is 12.9. The molecule has 1 N–H and O–H groups in total. The van der Waals surface area contributed by atoms with E-state index in [1.165, 1.54) is 0 Å². The Hall–Kier alpha value is -1.88. The Morgan fingerprint density at radius 3 is 2.50 bits per heavy atom. The smallest absolute Gasteiger partial charge is 0.475 e. The Morgan fingerprint density at radius 1 is 1.30 bits per heavy atom. The summed E-state index contributed by atoms with van der Waals surface area (Å²) in [6.07, 6.45) is -1.99. The normalized spacial score (nSPS) is 26.9. The predicted octanol–water partition coefficient (Wildman–Crippen LogP) is 3.07. The zero-order chi connectivity index (χ0) is 21.9. The molecule has 0 aromatic carbocycles. The second kappa shape index (κ2) is 9.09. The van der Waals surface area contributed by atoms with Crippen LogP contribution in [0.25, 0.3) is 0 Å². The molecule has 0 radical (unpaired) electrons. The number of aromatic nitrogens is 1. The van der Waals surface area contributed by atoms with E-state index in [9.17, 15) is 22.4 Å². The van der Waals surface area contributed by atoms with Gasteiger partial charge in [-0.1, -0.05) is 6.07 Å². The summed E-state index contributed by atoms with van der Waals surface area (Å²) in [6.45, 7) is 2.14. The third-order valence-corrected chi connectivity index (χ3v) is 6.89. The minimum atomic E-state index is -5.08. The van der Waals surface area contributed by atoms with Gasteiger partial charge >= 0.3 is 12.1 Å². The lowest BCUT2D eigenvalue weighted by molar-refractivity contribution is -0.192. The fourth-order valence-corrected chi connectivity index (χ4v) is 5.18. The molecule has 1 saturated carbocycles. The highest BCUT2D eigenvalue weighted by Gasteiger charge is 2.52. The van der Waals surface area contributed by atoms with Crippen molar-refractivity contribution in [3.8, 4) is 0 Å². The molecule has 3 fully saturated rings. The highest BCUT2D eigenvalue weighted by molar-refractivity contribution is 8.01. The molecular weight excluding hydrogens is 428 g/mol. The Labute approximate surface area is 175 Å². The van der Waals surface area contributed by atoms with Crippen LogP contribution in [0.4, 0.5) is 17.6 Å². The molecule has 11 heteroatoms. The number of amides is 1. The Bertz CT molecular complexity index is 753. The third kappa shape index (κ3) is 5.63. The lowest BCUT2D eigenvalue weighted by Gasteiger charge is -2.49. The van der Waals surface area contributed by atoms with Gasteiger partial charge in [-0.15, -0.1) is 11.8 Å². The van der Waals surface area contributed by atoms with Gasteiger partial charge < -0.3 is 14.7 Å². The van der Waals surface area contributed by atoms with Crippen molar-refractivity contribution in [2.24, 2.45) is 5.92 Å². The summed E-state index contributed by atoms with van der Waals surface area (Å²) in [5.41, 5.74) is 0.953. The first-order chi connectivity index (χ1) is 14.1. The lowest BCUT2D eigenvalue weighted by Crippen LogP contribution is -2.62.